The van der Waals surface area contributed by atoms with E-state index in [2.05, 4.69) is 13.0 Å². The van der Waals surface area contributed by atoms with E-state index < -0.39 is 0 Å². The largest absolute Gasteiger partial charge is 0.459 e. The lowest BCUT2D eigenvalue weighted by atomic mass is 10.1. The summed E-state index contributed by atoms with van der Waals surface area (Å²) in [6.45, 7) is 2.61. The van der Waals surface area contributed by atoms with Gasteiger partial charge in [-0.3, -0.25) is 0 Å². The molecule has 0 unspecified atom stereocenters. The average Bonchev–Trinajstić information content (AvgIpc) is 2.55. The van der Waals surface area contributed by atoms with Gasteiger partial charge in [-0.15, -0.1) is 0 Å². The highest BCUT2D eigenvalue weighted by atomic mass is 16.3. The summed E-state index contributed by atoms with van der Waals surface area (Å²) in [4.78, 5) is 0. The lowest BCUT2D eigenvalue weighted by molar-refractivity contribution is 0.546. The molecule has 2 aromatic rings. The van der Waals surface area contributed by atoms with Gasteiger partial charge in [-0.1, -0.05) is 25.1 Å². The molecule has 0 aliphatic carbocycles. The van der Waals surface area contributed by atoms with Crippen LogP contribution in [0.2, 0.25) is 0 Å². The van der Waals surface area contributed by atoms with Crippen molar-refractivity contribution in [1.82, 2.24) is 0 Å². The Bertz CT molecular complexity index is 417. The van der Waals surface area contributed by atoms with E-state index in [1.807, 2.05) is 18.2 Å². The molecule has 0 saturated heterocycles. The van der Waals surface area contributed by atoms with Gasteiger partial charge < -0.3 is 10.2 Å². The quantitative estimate of drug-likeness (QED) is 0.761. The molecule has 0 aliphatic heterocycles. The molecule has 0 spiro atoms. The number of para-hydroxylation sites is 1. The molecule has 1 heterocycles. The van der Waals surface area contributed by atoms with E-state index in [-0.39, 0.29) is 0 Å². The summed E-state index contributed by atoms with van der Waals surface area (Å²) in [6.07, 6.45) is 0.976. The third kappa shape index (κ3) is 1.23. The molecule has 0 saturated carbocycles. The van der Waals surface area contributed by atoms with Crippen LogP contribution in [0.1, 0.15) is 18.2 Å². The fraction of sp³-hybridized carbons (Fsp3) is 0.273. The number of benzene rings is 1. The number of furan rings is 1. The second-order valence-corrected chi connectivity index (χ2v) is 3.06. The zero-order valence-electron chi connectivity index (χ0n) is 7.71. The van der Waals surface area contributed by atoms with Gasteiger partial charge >= 0.3 is 0 Å². The summed E-state index contributed by atoms with van der Waals surface area (Å²) in [6, 6.07) is 8.06. The third-order valence-corrected chi connectivity index (χ3v) is 2.32. The number of rotatable bonds is 2. The first-order chi connectivity index (χ1) is 6.36. The average molecular weight is 175 g/mol. The molecular weight excluding hydrogens is 162 g/mol. The highest BCUT2D eigenvalue weighted by Gasteiger charge is 2.09. The Morgan fingerprint density at radius 2 is 2.08 bits per heavy atom. The van der Waals surface area contributed by atoms with E-state index >= 15 is 0 Å². The maximum Gasteiger partial charge on any atom is 0.134 e. The standard InChI is InChI=1S/C11H13NO/c1-2-8-9-5-3-4-6-10(9)13-11(8)7-12/h3-6H,2,7,12H2,1H3. The third-order valence-electron chi connectivity index (χ3n) is 2.32. The molecule has 68 valence electrons. The van der Waals surface area contributed by atoms with Crippen molar-refractivity contribution in [3.05, 3.63) is 35.6 Å². The number of hydrogen-bond acceptors (Lipinski definition) is 2. The molecule has 2 rings (SSSR count). The van der Waals surface area contributed by atoms with Crippen molar-refractivity contribution in [3.63, 3.8) is 0 Å². The minimum Gasteiger partial charge on any atom is -0.459 e. The Kier molecular flexibility index (Phi) is 2.07. The Morgan fingerprint density at radius 1 is 1.31 bits per heavy atom. The molecule has 0 atom stereocenters. The van der Waals surface area contributed by atoms with Crippen LogP contribution in [-0.2, 0) is 13.0 Å². The van der Waals surface area contributed by atoms with Crippen molar-refractivity contribution < 1.29 is 4.42 Å². The van der Waals surface area contributed by atoms with Gasteiger partial charge in [0.2, 0.25) is 0 Å². The summed E-state index contributed by atoms with van der Waals surface area (Å²) in [5.74, 6) is 0.920. The van der Waals surface area contributed by atoms with Crippen LogP contribution in [0.25, 0.3) is 11.0 Å². The van der Waals surface area contributed by atoms with Crippen LogP contribution in [0.5, 0.6) is 0 Å². The van der Waals surface area contributed by atoms with Gasteiger partial charge in [0.15, 0.2) is 0 Å². The van der Waals surface area contributed by atoms with Gasteiger partial charge in [0.1, 0.15) is 11.3 Å². The number of aryl methyl sites for hydroxylation is 1. The number of fused-ring (bicyclic) bond motifs is 1. The molecule has 13 heavy (non-hydrogen) atoms. The molecule has 0 fully saturated rings. The van der Waals surface area contributed by atoms with Crippen molar-refractivity contribution in [2.24, 2.45) is 5.73 Å². The summed E-state index contributed by atoms with van der Waals surface area (Å²) in [7, 11) is 0. The van der Waals surface area contributed by atoms with Crippen molar-refractivity contribution in [3.8, 4) is 0 Å². The second-order valence-electron chi connectivity index (χ2n) is 3.06. The summed E-state index contributed by atoms with van der Waals surface area (Å²) in [5, 5.41) is 1.20. The van der Waals surface area contributed by atoms with E-state index in [0.717, 1.165) is 17.8 Å². The predicted molar refractivity (Wildman–Crippen MR) is 53.5 cm³/mol. The first kappa shape index (κ1) is 8.32. The van der Waals surface area contributed by atoms with Gasteiger partial charge in [-0.2, -0.15) is 0 Å². The van der Waals surface area contributed by atoms with Crippen LogP contribution in [0.15, 0.2) is 28.7 Å². The Morgan fingerprint density at radius 3 is 2.77 bits per heavy atom. The molecule has 0 bridgehead atoms. The molecule has 0 aliphatic rings. The Hall–Kier alpha value is -1.28. The van der Waals surface area contributed by atoms with Crippen LogP contribution < -0.4 is 5.73 Å². The normalized spacial score (nSPS) is 10.9. The zero-order chi connectivity index (χ0) is 9.26. The molecule has 2 nitrogen and oxygen atoms in total. The van der Waals surface area contributed by atoms with Crippen LogP contribution in [0.3, 0.4) is 0 Å². The molecule has 1 aromatic carbocycles. The predicted octanol–water partition coefficient (Wildman–Crippen LogP) is 2.45. The highest BCUT2D eigenvalue weighted by Crippen LogP contribution is 2.25. The Balaban J connectivity index is 2.73. The summed E-state index contributed by atoms with van der Waals surface area (Å²) >= 11 is 0. The SMILES string of the molecule is CCc1c(CN)oc2ccccc12. The molecule has 2 heteroatoms. The van der Waals surface area contributed by atoms with Crippen LogP contribution in [0, 0.1) is 0 Å². The fourth-order valence-corrected chi connectivity index (χ4v) is 1.70. The van der Waals surface area contributed by atoms with Gasteiger partial charge in [0.05, 0.1) is 6.54 Å². The van der Waals surface area contributed by atoms with Crippen molar-refractivity contribution in [1.29, 1.82) is 0 Å². The minimum absolute atomic E-state index is 0.484. The van der Waals surface area contributed by atoms with E-state index in [1.165, 1.54) is 10.9 Å². The van der Waals surface area contributed by atoms with Gasteiger partial charge in [-0.05, 0) is 12.5 Å². The minimum atomic E-state index is 0.484. The van der Waals surface area contributed by atoms with Gasteiger partial charge in [0.25, 0.3) is 0 Å². The molecule has 2 N–H and O–H groups in total. The number of hydrogen-bond donors (Lipinski definition) is 1. The van der Waals surface area contributed by atoms with E-state index in [9.17, 15) is 0 Å². The van der Waals surface area contributed by atoms with Crippen molar-refractivity contribution in [2.75, 3.05) is 0 Å². The molecule has 0 amide bonds. The first-order valence-electron chi connectivity index (χ1n) is 4.56. The van der Waals surface area contributed by atoms with E-state index in [4.69, 9.17) is 10.2 Å². The zero-order valence-corrected chi connectivity index (χ0v) is 7.71. The van der Waals surface area contributed by atoms with Crippen LogP contribution in [0.4, 0.5) is 0 Å². The van der Waals surface area contributed by atoms with E-state index in [0.29, 0.717) is 6.54 Å². The van der Waals surface area contributed by atoms with Crippen LogP contribution in [-0.4, -0.2) is 0 Å². The monoisotopic (exact) mass is 175 g/mol. The van der Waals surface area contributed by atoms with Gasteiger partial charge in [0, 0.05) is 10.9 Å². The van der Waals surface area contributed by atoms with Crippen molar-refractivity contribution >= 4 is 11.0 Å². The summed E-state index contributed by atoms with van der Waals surface area (Å²) < 4.78 is 5.61. The Labute approximate surface area is 77.3 Å². The second kappa shape index (κ2) is 3.23. The van der Waals surface area contributed by atoms with Crippen LogP contribution >= 0.6 is 0 Å². The van der Waals surface area contributed by atoms with Gasteiger partial charge in [-0.25, -0.2) is 0 Å². The summed E-state index contributed by atoms with van der Waals surface area (Å²) in [5.41, 5.74) is 7.79. The lowest BCUT2D eigenvalue weighted by Crippen LogP contribution is -1.97. The lowest BCUT2D eigenvalue weighted by Gasteiger charge is -1.94. The highest BCUT2D eigenvalue weighted by molar-refractivity contribution is 5.82. The number of nitrogens with two attached hydrogens (primary N) is 1. The van der Waals surface area contributed by atoms with E-state index in [1.54, 1.807) is 0 Å². The molecular formula is C11H13NO. The molecule has 0 radical (unpaired) electrons. The molecule has 1 aromatic heterocycles. The topological polar surface area (TPSA) is 39.2 Å². The first-order valence-corrected chi connectivity index (χ1v) is 4.56. The maximum atomic E-state index is 5.61. The maximum absolute atomic E-state index is 5.61. The van der Waals surface area contributed by atoms with Crippen molar-refractivity contribution in [2.45, 2.75) is 19.9 Å². The smallest absolute Gasteiger partial charge is 0.134 e. The fourth-order valence-electron chi connectivity index (χ4n) is 1.70.